The molecule has 1 saturated heterocycles. The van der Waals surface area contributed by atoms with E-state index in [1.807, 2.05) is 6.92 Å². The van der Waals surface area contributed by atoms with Crippen molar-refractivity contribution in [1.82, 2.24) is 25.4 Å². The first-order chi connectivity index (χ1) is 12.6. The molecule has 1 atom stereocenters. The fourth-order valence-electron chi connectivity index (χ4n) is 3.36. The number of aromatic nitrogens is 3. The van der Waals surface area contributed by atoms with E-state index in [0.29, 0.717) is 6.04 Å². The number of nitrogens with one attached hydrogen (secondary N) is 1. The van der Waals surface area contributed by atoms with Crippen LogP contribution >= 0.6 is 11.3 Å². The molecule has 0 aliphatic carbocycles. The first-order valence-corrected chi connectivity index (χ1v) is 10.4. The molecule has 1 aliphatic heterocycles. The minimum Gasteiger partial charge on any atom is -0.358 e. The van der Waals surface area contributed by atoms with Gasteiger partial charge in [-0.2, -0.15) is 5.10 Å². The molecule has 6 nitrogen and oxygen atoms in total. The predicted molar refractivity (Wildman–Crippen MR) is 108 cm³/mol. The van der Waals surface area contributed by atoms with Gasteiger partial charge in [0.05, 0.1) is 10.7 Å². The van der Waals surface area contributed by atoms with Crippen molar-refractivity contribution in [2.24, 2.45) is 0 Å². The quantitative estimate of drug-likeness (QED) is 0.804. The third-order valence-electron chi connectivity index (χ3n) is 5.00. The number of hydrogen-bond donors (Lipinski definition) is 1. The first-order valence-electron chi connectivity index (χ1n) is 9.47. The van der Waals surface area contributed by atoms with Gasteiger partial charge in [0, 0.05) is 43.7 Å². The van der Waals surface area contributed by atoms with Gasteiger partial charge in [0.25, 0.3) is 0 Å². The summed E-state index contributed by atoms with van der Waals surface area (Å²) >= 11 is 1.73. The second kappa shape index (κ2) is 9.39. The number of aryl methyl sites for hydroxylation is 1. The van der Waals surface area contributed by atoms with Crippen LogP contribution in [0.25, 0.3) is 0 Å². The Morgan fingerprint density at radius 1 is 1.19 bits per heavy atom. The van der Waals surface area contributed by atoms with Crippen LogP contribution in [0.2, 0.25) is 0 Å². The molecule has 2 aromatic heterocycles. The van der Waals surface area contributed by atoms with Crippen LogP contribution in [0.5, 0.6) is 0 Å². The van der Waals surface area contributed by atoms with Crippen molar-refractivity contribution >= 4 is 17.2 Å². The zero-order chi connectivity index (χ0) is 18.4. The van der Waals surface area contributed by atoms with Gasteiger partial charge < -0.3 is 10.2 Å². The standard InChI is InChI=1S/C19H30N6S/c1-15-14-26-19(21-15)9-12-24(2)18-7-6-16(22-23-18)13-25(3)17-5-4-10-20-11-8-17/h6-7,14,17,20H,4-5,8-13H2,1-3H3. The molecule has 0 saturated carbocycles. The topological polar surface area (TPSA) is 57.2 Å². The molecule has 1 fully saturated rings. The van der Waals surface area contributed by atoms with E-state index < -0.39 is 0 Å². The number of hydrogen-bond acceptors (Lipinski definition) is 7. The molecule has 7 heteroatoms. The smallest absolute Gasteiger partial charge is 0.150 e. The fraction of sp³-hybridized carbons (Fsp3) is 0.632. The van der Waals surface area contributed by atoms with E-state index in [-0.39, 0.29) is 0 Å². The SMILES string of the molecule is Cc1csc(CCN(C)c2ccc(CN(C)C3CCCNCC3)nn2)n1. The maximum absolute atomic E-state index is 4.52. The Bertz CT molecular complexity index is 663. The normalized spacial score (nSPS) is 18.1. The third-order valence-corrected chi connectivity index (χ3v) is 6.03. The Morgan fingerprint density at radius 3 is 2.81 bits per heavy atom. The van der Waals surface area contributed by atoms with Crippen LogP contribution in [-0.4, -0.2) is 59.9 Å². The van der Waals surface area contributed by atoms with Crippen LogP contribution < -0.4 is 10.2 Å². The molecule has 3 rings (SSSR count). The third kappa shape index (κ3) is 5.46. The number of anilines is 1. The summed E-state index contributed by atoms with van der Waals surface area (Å²) in [6.07, 6.45) is 4.66. The molecule has 142 valence electrons. The lowest BCUT2D eigenvalue weighted by Crippen LogP contribution is -2.32. The van der Waals surface area contributed by atoms with Gasteiger partial charge >= 0.3 is 0 Å². The van der Waals surface area contributed by atoms with Crippen molar-refractivity contribution in [3.63, 3.8) is 0 Å². The second-order valence-electron chi connectivity index (χ2n) is 7.19. The summed E-state index contributed by atoms with van der Waals surface area (Å²) in [4.78, 5) is 9.09. The number of thiazole rings is 1. The highest BCUT2D eigenvalue weighted by atomic mass is 32.1. The van der Waals surface area contributed by atoms with Gasteiger partial charge in [-0.05, 0) is 58.5 Å². The zero-order valence-corrected chi connectivity index (χ0v) is 16.9. The number of likely N-dealkylation sites (N-methyl/N-ethyl adjacent to an activating group) is 1. The van der Waals surface area contributed by atoms with Crippen molar-refractivity contribution in [3.8, 4) is 0 Å². The van der Waals surface area contributed by atoms with Gasteiger partial charge in [0.2, 0.25) is 0 Å². The van der Waals surface area contributed by atoms with Crippen molar-refractivity contribution < 1.29 is 0 Å². The van der Waals surface area contributed by atoms with Gasteiger partial charge in [-0.1, -0.05) is 0 Å². The van der Waals surface area contributed by atoms with Gasteiger partial charge in [-0.25, -0.2) is 4.98 Å². The highest BCUT2D eigenvalue weighted by Crippen LogP contribution is 2.16. The summed E-state index contributed by atoms with van der Waals surface area (Å²) < 4.78 is 0. The summed E-state index contributed by atoms with van der Waals surface area (Å²) in [6, 6.07) is 4.83. The van der Waals surface area contributed by atoms with E-state index in [0.717, 1.165) is 49.8 Å². The highest BCUT2D eigenvalue weighted by Gasteiger charge is 2.17. The van der Waals surface area contributed by atoms with E-state index >= 15 is 0 Å². The van der Waals surface area contributed by atoms with Crippen LogP contribution in [0.15, 0.2) is 17.5 Å². The van der Waals surface area contributed by atoms with Crippen LogP contribution in [-0.2, 0) is 13.0 Å². The van der Waals surface area contributed by atoms with E-state index in [4.69, 9.17) is 0 Å². The van der Waals surface area contributed by atoms with E-state index in [2.05, 4.69) is 61.9 Å². The summed E-state index contributed by atoms with van der Waals surface area (Å²) in [7, 11) is 4.27. The molecule has 1 unspecified atom stereocenters. The monoisotopic (exact) mass is 374 g/mol. The fourth-order valence-corrected chi connectivity index (χ4v) is 4.13. The van der Waals surface area contributed by atoms with E-state index in [9.17, 15) is 0 Å². The van der Waals surface area contributed by atoms with Crippen LogP contribution in [0.4, 0.5) is 5.82 Å². The maximum atomic E-state index is 4.52. The van der Waals surface area contributed by atoms with E-state index in [1.54, 1.807) is 11.3 Å². The van der Waals surface area contributed by atoms with Crippen molar-refractivity contribution in [2.45, 2.75) is 45.2 Å². The highest BCUT2D eigenvalue weighted by molar-refractivity contribution is 7.09. The minimum absolute atomic E-state index is 0.635. The molecule has 2 aromatic rings. The van der Waals surface area contributed by atoms with Crippen molar-refractivity contribution in [1.29, 1.82) is 0 Å². The molecule has 1 N–H and O–H groups in total. The molecule has 0 radical (unpaired) electrons. The van der Waals surface area contributed by atoms with Gasteiger partial charge in [0.15, 0.2) is 5.82 Å². The second-order valence-corrected chi connectivity index (χ2v) is 8.13. The molecular formula is C19H30N6S. The Hall–Kier alpha value is -1.57. The molecule has 0 spiro atoms. The lowest BCUT2D eigenvalue weighted by molar-refractivity contribution is 0.213. The molecule has 0 bridgehead atoms. The van der Waals surface area contributed by atoms with Crippen LogP contribution in [0.1, 0.15) is 35.7 Å². The zero-order valence-electron chi connectivity index (χ0n) is 16.1. The lowest BCUT2D eigenvalue weighted by Gasteiger charge is -2.26. The van der Waals surface area contributed by atoms with Crippen molar-refractivity contribution in [3.05, 3.63) is 33.9 Å². The average Bonchev–Trinajstić information content (AvgIpc) is 2.89. The maximum Gasteiger partial charge on any atom is 0.150 e. The predicted octanol–water partition coefficient (Wildman–Crippen LogP) is 2.49. The molecule has 3 heterocycles. The Labute approximate surface area is 160 Å². The average molecular weight is 375 g/mol. The van der Waals surface area contributed by atoms with Crippen molar-refractivity contribution in [2.75, 3.05) is 38.6 Å². The first kappa shape index (κ1) is 19.2. The summed E-state index contributed by atoms with van der Waals surface area (Å²) in [6.45, 7) is 6.06. The Morgan fingerprint density at radius 2 is 2.08 bits per heavy atom. The van der Waals surface area contributed by atoms with Gasteiger partial charge in [-0.3, -0.25) is 4.90 Å². The summed E-state index contributed by atoms with van der Waals surface area (Å²) in [5.74, 6) is 0.920. The van der Waals surface area contributed by atoms with Gasteiger partial charge in [0.1, 0.15) is 0 Å². The lowest BCUT2D eigenvalue weighted by atomic mass is 10.1. The Balaban J connectivity index is 1.50. The van der Waals surface area contributed by atoms with Gasteiger partial charge in [-0.15, -0.1) is 16.4 Å². The Kier molecular flexibility index (Phi) is 6.93. The van der Waals surface area contributed by atoms with E-state index in [1.165, 1.54) is 24.3 Å². The molecular weight excluding hydrogens is 344 g/mol. The minimum atomic E-state index is 0.635. The molecule has 0 aromatic carbocycles. The summed E-state index contributed by atoms with van der Waals surface area (Å²) in [5.41, 5.74) is 2.14. The number of rotatable bonds is 7. The number of nitrogens with zero attached hydrogens (tertiary/aromatic N) is 5. The summed E-state index contributed by atoms with van der Waals surface area (Å²) in [5, 5.41) is 15.6. The molecule has 26 heavy (non-hydrogen) atoms. The van der Waals surface area contributed by atoms with Crippen LogP contribution in [0, 0.1) is 6.92 Å². The molecule has 1 aliphatic rings. The largest absolute Gasteiger partial charge is 0.358 e. The van der Waals surface area contributed by atoms with Crippen LogP contribution in [0.3, 0.4) is 0 Å². The molecule has 0 amide bonds.